The molecule has 0 aromatic heterocycles. The van der Waals surface area contributed by atoms with Crippen molar-refractivity contribution in [1.82, 2.24) is 14.5 Å². The summed E-state index contributed by atoms with van der Waals surface area (Å²) in [6.45, 7) is 4.32. The van der Waals surface area contributed by atoms with Crippen LogP contribution in [-0.4, -0.2) is 55.1 Å². The van der Waals surface area contributed by atoms with Crippen LogP contribution in [0.2, 0.25) is 0 Å². The second-order valence-corrected chi connectivity index (χ2v) is 11.8. The first kappa shape index (κ1) is 27.9. The Bertz CT molecular complexity index is 1110. The molecule has 0 radical (unpaired) electrons. The van der Waals surface area contributed by atoms with Gasteiger partial charge in [-0.25, -0.2) is 12.7 Å². The summed E-state index contributed by atoms with van der Waals surface area (Å²) >= 11 is 0. The van der Waals surface area contributed by atoms with Crippen LogP contribution < -0.4 is 5.32 Å². The van der Waals surface area contributed by atoms with E-state index in [9.17, 15) is 18.0 Å². The minimum absolute atomic E-state index is 0.132. The standard InChI is InChI=1S/C28H39N3O4S/c1-22-13-10-11-14-24(22)21-31(23(2)28(33)29-25-15-6-4-7-16-25)27(32)19-12-20-30(3)36(34,35)26-17-8-5-9-18-26/h5,8-11,13-14,17-18,23,25H,4,6-7,12,15-16,19-21H2,1-3H3,(H,29,33)/t23-/m0/s1. The van der Waals surface area contributed by atoms with Gasteiger partial charge in [0.1, 0.15) is 6.04 Å². The number of amides is 2. The lowest BCUT2D eigenvalue weighted by atomic mass is 9.95. The van der Waals surface area contributed by atoms with E-state index in [0.29, 0.717) is 13.0 Å². The highest BCUT2D eigenvalue weighted by Crippen LogP contribution is 2.20. The Balaban J connectivity index is 1.66. The molecule has 1 N–H and O–H groups in total. The minimum atomic E-state index is -3.61. The van der Waals surface area contributed by atoms with E-state index in [1.807, 2.05) is 31.2 Å². The number of nitrogens with zero attached hydrogens (tertiary/aromatic N) is 2. The molecule has 1 aliphatic rings. The second kappa shape index (κ2) is 13.0. The van der Waals surface area contributed by atoms with Crippen molar-refractivity contribution in [3.05, 3.63) is 65.7 Å². The third-order valence-electron chi connectivity index (χ3n) is 7.04. The molecule has 0 heterocycles. The van der Waals surface area contributed by atoms with Gasteiger partial charge in [-0.05, 0) is 56.4 Å². The fourth-order valence-electron chi connectivity index (χ4n) is 4.61. The number of hydrogen-bond donors (Lipinski definition) is 1. The Labute approximate surface area is 215 Å². The first-order chi connectivity index (χ1) is 17.2. The molecule has 0 saturated heterocycles. The van der Waals surface area contributed by atoms with Crippen LogP contribution in [0.4, 0.5) is 0 Å². The van der Waals surface area contributed by atoms with E-state index in [1.54, 1.807) is 42.2 Å². The monoisotopic (exact) mass is 513 g/mol. The number of nitrogens with one attached hydrogen (secondary N) is 1. The van der Waals surface area contributed by atoms with Gasteiger partial charge >= 0.3 is 0 Å². The zero-order valence-corrected chi connectivity index (χ0v) is 22.5. The van der Waals surface area contributed by atoms with Gasteiger partial charge in [0.25, 0.3) is 0 Å². The Kier molecular flexibility index (Phi) is 10.1. The zero-order chi connectivity index (χ0) is 26.1. The van der Waals surface area contributed by atoms with E-state index in [2.05, 4.69) is 5.32 Å². The van der Waals surface area contributed by atoms with Crippen LogP contribution in [0.25, 0.3) is 0 Å². The molecular formula is C28H39N3O4S. The van der Waals surface area contributed by atoms with Crippen molar-refractivity contribution in [1.29, 1.82) is 0 Å². The predicted molar refractivity (Wildman–Crippen MR) is 142 cm³/mol. The number of carbonyl (C=O) groups excluding carboxylic acids is 2. The van der Waals surface area contributed by atoms with Crippen molar-refractivity contribution in [3.8, 4) is 0 Å². The minimum Gasteiger partial charge on any atom is -0.352 e. The summed E-state index contributed by atoms with van der Waals surface area (Å²) in [5, 5.41) is 3.15. The highest BCUT2D eigenvalue weighted by Gasteiger charge is 2.28. The number of sulfonamides is 1. The molecular weight excluding hydrogens is 474 g/mol. The molecule has 36 heavy (non-hydrogen) atoms. The number of benzene rings is 2. The van der Waals surface area contributed by atoms with E-state index < -0.39 is 16.1 Å². The Hall–Kier alpha value is -2.71. The molecule has 196 valence electrons. The Morgan fingerprint density at radius 2 is 1.64 bits per heavy atom. The van der Waals surface area contributed by atoms with Gasteiger partial charge in [0.2, 0.25) is 21.8 Å². The van der Waals surface area contributed by atoms with Gasteiger partial charge < -0.3 is 10.2 Å². The van der Waals surface area contributed by atoms with Crippen LogP contribution in [0, 0.1) is 6.92 Å². The highest BCUT2D eigenvalue weighted by atomic mass is 32.2. The lowest BCUT2D eigenvalue weighted by molar-refractivity contribution is -0.141. The van der Waals surface area contributed by atoms with E-state index in [0.717, 1.165) is 36.8 Å². The van der Waals surface area contributed by atoms with Crippen LogP contribution in [0.5, 0.6) is 0 Å². The third-order valence-corrected chi connectivity index (χ3v) is 8.91. The summed E-state index contributed by atoms with van der Waals surface area (Å²) in [6, 6.07) is 15.7. The van der Waals surface area contributed by atoms with Crippen LogP contribution in [0.15, 0.2) is 59.5 Å². The Morgan fingerprint density at radius 1 is 1.00 bits per heavy atom. The molecule has 2 aromatic carbocycles. The predicted octanol–water partition coefficient (Wildman–Crippen LogP) is 4.26. The molecule has 2 aromatic rings. The third kappa shape index (κ3) is 7.40. The fraction of sp³-hybridized carbons (Fsp3) is 0.500. The zero-order valence-electron chi connectivity index (χ0n) is 21.7. The first-order valence-electron chi connectivity index (χ1n) is 12.9. The normalized spacial score (nSPS) is 15.4. The van der Waals surface area contributed by atoms with Gasteiger partial charge in [0.15, 0.2) is 0 Å². The second-order valence-electron chi connectivity index (χ2n) is 9.71. The maximum Gasteiger partial charge on any atom is 0.242 e. The average molecular weight is 514 g/mol. The molecule has 0 aliphatic heterocycles. The van der Waals surface area contributed by atoms with E-state index in [4.69, 9.17) is 0 Å². The number of rotatable bonds is 11. The van der Waals surface area contributed by atoms with Crippen LogP contribution in [-0.2, 0) is 26.2 Å². The summed E-state index contributed by atoms with van der Waals surface area (Å²) in [4.78, 5) is 28.3. The van der Waals surface area contributed by atoms with Gasteiger partial charge in [-0.1, -0.05) is 61.7 Å². The largest absolute Gasteiger partial charge is 0.352 e. The smallest absolute Gasteiger partial charge is 0.242 e. The molecule has 0 spiro atoms. The highest BCUT2D eigenvalue weighted by molar-refractivity contribution is 7.89. The molecule has 1 fully saturated rings. The summed E-state index contributed by atoms with van der Waals surface area (Å²) in [5.74, 6) is -0.289. The summed E-state index contributed by atoms with van der Waals surface area (Å²) in [6.07, 6.45) is 5.91. The van der Waals surface area contributed by atoms with Gasteiger partial charge in [-0.2, -0.15) is 0 Å². The van der Waals surface area contributed by atoms with E-state index >= 15 is 0 Å². The molecule has 1 saturated carbocycles. The number of hydrogen-bond acceptors (Lipinski definition) is 4. The van der Waals surface area contributed by atoms with Crippen molar-refractivity contribution in [3.63, 3.8) is 0 Å². The van der Waals surface area contributed by atoms with Crippen molar-refractivity contribution in [2.45, 2.75) is 82.3 Å². The molecule has 0 bridgehead atoms. The van der Waals surface area contributed by atoms with Crippen LogP contribution >= 0.6 is 0 Å². The van der Waals surface area contributed by atoms with Crippen molar-refractivity contribution in [2.24, 2.45) is 0 Å². The summed E-state index contributed by atoms with van der Waals surface area (Å²) in [5.41, 5.74) is 2.05. The van der Waals surface area contributed by atoms with Gasteiger partial charge in [0, 0.05) is 32.6 Å². The molecule has 7 nitrogen and oxygen atoms in total. The first-order valence-corrected chi connectivity index (χ1v) is 14.3. The quantitative estimate of drug-likeness (QED) is 0.486. The lowest BCUT2D eigenvalue weighted by Gasteiger charge is -2.31. The topological polar surface area (TPSA) is 86.8 Å². The van der Waals surface area contributed by atoms with Crippen LogP contribution in [0.1, 0.15) is 63.0 Å². The van der Waals surface area contributed by atoms with Crippen molar-refractivity contribution < 1.29 is 18.0 Å². The fourth-order valence-corrected chi connectivity index (χ4v) is 5.84. The van der Waals surface area contributed by atoms with Gasteiger partial charge in [-0.15, -0.1) is 0 Å². The molecule has 1 atom stereocenters. The van der Waals surface area contributed by atoms with E-state index in [1.165, 1.54) is 17.8 Å². The van der Waals surface area contributed by atoms with Gasteiger partial charge in [0.05, 0.1) is 4.90 Å². The molecule has 0 unspecified atom stereocenters. The van der Waals surface area contributed by atoms with Crippen molar-refractivity contribution >= 4 is 21.8 Å². The average Bonchev–Trinajstić information content (AvgIpc) is 2.88. The molecule has 3 rings (SSSR count). The van der Waals surface area contributed by atoms with E-state index in [-0.39, 0.29) is 35.7 Å². The maximum absolute atomic E-state index is 13.4. The number of carbonyl (C=O) groups is 2. The molecule has 8 heteroatoms. The summed E-state index contributed by atoms with van der Waals surface area (Å²) in [7, 11) is -2.09. The summed E-state index contributed by atoms with van der Waals surface area (Å²) < 4.78 is 26.8. The SMILES string of the molecule is Cc1ccccc1CN(C(=O)CCCN(C)S(=O)(=O)c1ccccc1)[C@@H](C)C(=O)NC1CCCCC1. The molecule has 2 amide bonds. The van der Waals surface area contributed by atoms with Crippen LogP contribution in [0.3, 0.4) is 0 Å². The Morgan fingerprint density at radius 3 is 2.31 bits per heavy atom. The number of aryl methyl sites for hydroxylation is 1. The lowest BCUT2D eigenvalue weighted by Crippen LogP contribution is -2.50. The molecule has 1 aliphatic carbocycles. The van der Waals surface area contributed by atoms with Crippen molar-refractivity contribution in [2.75, 3.05) is 13.6 Å². The van der Waals surface area contributed by atoms with Gasteiger partial charge in [-0.3, -0.25) is 9.59 Å². The maximum atomic E-state index is 13.4.